The van der Waals surface area contributed by atoms with Gasteiger partial charge in [0, 0.05) is 24.6 Å². The first-order valence-electron chi connectivity index (χ1n) is 7.20. The molecule has 7 heteroatoms. The van der Waals surface area contributed by atoms with E-state index in [1.165, 1.54) is 0 Å². The Bertz CT molecular complexity index is 592. The number of carbonyl (C=O) groups excluding carboxylic acids is 1. The standard InChI is InChI=1S/C16H21N3O2S.ClH/c1-12(18-15(20)10-17-8-9-21-2)16-19-14(11-22-16)13-6-4-3-5-7-13;/h3-7,11-12,17H,8-10H2,1-2H3,(H,18,20);1H. The molecule has 0 aliphatic rings. The van der Waals surface area contributed by atoms with Gasteiger partial charge in [0.1, 0.15) is 5.01 Å². The number of hydrogen-bond acceptors (Lipinski definition) is 5. The summed E-state index contributed by atoms with van der Waals surface area (Å²) in [7, 11) is 1.64. The molecule has 0 spiro atoms. The smallest absolute Gasteiger partial charge is 0.234 e. The first-order chi connectivity index (χ1) is 10.7. The largest absolute Gasteiger partial charge is 0.383 e. The minimum absolute atomic E-state index is 0. The molecule has 1 atom stereocenters. The van der Waals surface area contributed by atoms with Crippen molar-refractivity contribution in [3.63, 3.8) is 0 Å². The lowest BCUT2D eigenvalue weighted by molar-refractivity contribution is -0.120. The van der Waals surface area contributed by atoms with E-state index < -0.39 is 0 Å². The van der Waals surface area contributed by atoms with Gasteiger partial charge in [0.15, 0.2) is 0 Å². The van der Waals surface area contributed by atoms with Crippen LogP contribution in [-0.2, 0) is 9.53 Å². The lowest BCUT2D eigenvalue weighted by Crippen LogP contribution is -2.36. The van der Waals surface area contributed by atoms with Gasteiger partial charge in [-0.15, -0.1) is 23.7 Å². The zero-order valence-electron chi connectivity index (χ0n) is 13.2. The van der Waals surface area contributed by atoms with E-state index in [0.29, 0.717) is 13.2 Å². The first kappa shape index (κ1) is 19.6. The molecule has 0 radical (unpaired) electrons. The highest BCUT2D eigenvalue weighted by atomic mass is 35.5. The number of ether oxygens (including phenoxy) is 1. The van der Waals surface area contributed by atoms with Crippen LogP contribution >= 0.6 is 23.7 Å². The third-order valence-electron chi connectivity index (χ3n) is 3.11. The fourth-order valence-electron chi connectivity index (χ4n) is 1.96. The average molecular weight is 356 g/mol. The SMILES string of the molecule is COCCNCC(=O)NC(C)c1nc(-c2ccccc2)cs1.Cl. The highest BCUT2D eigenvalue weighted by Crippen LogP contribution is 2.25. The van der Waals surface area contributed by atoms with Crippen molar-refractivity contribution < 1.29 is 9.53 Å². The Morgan fingerprint density at radius 3 is 2.78 bits per heavy atom. The third-order valence-corrected chi connectivity index (χ3v) is 4.14. The highest BCUT2D eigenvalue weighted by Gasteiger charge is 2.13. The number of aromatic nitrogens is 1. The molecule has 1 amide bonds. The number of nitrogens with zero attached hydrogens (tertiary/aromatic N) is 1. The number of amides is 1. The van der Waals surface area contributed by atoms with E-state index >= 15 is 0 Å². The molecule has 0 bridgehead atoms. The predicted octanol–water partition coefficient (Wildman–Crippen LogP) is 2.65. The van der Waals surface area contributed by atoms with Crippen LogP contribution in [0.25, 0.3) is 11.3 Å². The minimum atomic E-state index is -0.0980. The van der Waals surface area contributed by atoms with Crippen LogP contribution in [0.15, 0.2) is 35.7 Å². The van der Waals surface area contributed by atoms with E-state index in [9.17, 15) is 4.79 Å². The summed E-state index contributed by atoms with van der Waals surface area (Å²) in [5.41, 5.74) is 2.03. The Kier molecular flexibility index (Phi) is 8.79. The number of benzene rings is 1. The van der Waals surface area contributed by atoms with Gasteiger partial charge in [0.25, 0.3) is 0 Å². The van der Waals surface area contributed by atoms with E-state index in [2.05, 4.69) is 15.6 Å². The second-order valence-corrected chi connectivity index (χ2v) is 5.79. The molecule has 0 fully saturated rings. The number of rotatable bonds is 8. The number of halogens is 1. The van der Waals surface area contributed by atoms with Crippen LogP contribution in [0.2, 0.25) is 0 Å². The molecule has 1 aromatic carbocycles. The molecular formula is C16H22ClN3O2S. The maximum absolute atomic E-state index is 11.8. The van der Waals surface area contributed by atoms with Crippen LogP contribution in [-0.4, -0.2) is 37.7 Å². The van der Waals surface area contributed by atoms with Crippen LogP contribution in [0.5, 0.6) is 0 Å². The van der Waals surface area contributed by atoms with E-state index in [1.54, 1.807) is 18.4 Å². The molecule has 1 aromatic heterocycles. The van der Waals surface area contributed by atoms with Gasteiger partial charge < -0.3 is 15.4 Å². The van der Waals surface area contributed by atoms with Crippen molar-refractivity contribution in [2.75, 3.05) is 26.8 Å². The van der Waals surface area contributed by atoms with Crippen LogP contribution in [0.4, 0.5) is 0 Å². The normalized spacial score (nSPS) is 11.6. The van der Waals surface area contributed by atoms with Crippen molar-refractivity contribution in [3.8, 4) is 11.3 Å². The Labute approximate surface area is 146 Å². The van der Waals surface area contributed by atoms with Gasteiger partial charge in [0.2, 0.25) is 5.91 Å². The van der Waals surface area contributed by atoms with Crippen molar-refractivity contribution in [2.24, 2.45) is 0 Å². The molecular weight excluding hydrogens is 334 g/mol. The first-order valence-corrected chi connectivity index (χ1v) is 8.08. The van der Waals surface area contributed by atoms with Gasteiger partial charge in [-0.25, -0.2) is 4.98 Å². The molecule has 23 heavy (non-hydrogen) atoms. The predicted molar refractivity (Wildman–Crippen MR) is 96.1 cm³/mol. The van der Waals surface area contributed by atoms with Crippen molar-refractivity contribution in [3.05, 3.63) is 40.7 Å². The van der Waals surface area contributed by atoms with Crippen molar-refractivity contribution in [2.45, 2.75) is 13.0 Å². The number of nitrogens with one attached hydrogen (secondary N) is 2. The summed E-state index contributed by atoms with van der Waals surface area (Å²) in [4.78, 5) is 16.4. The maximum Gasteiger partial charge on any atom is 0.234 e. The molecule has 0 aliphatic heterocycles. The van der Waals surface area contributed by atoms with Gasteiger partial charge in [-0.3, -0.25) is 4.79 Å². The van der Waals surface area contributed by atoms with Crippen LogP contribution < -0.4 is 10.6 Å². The summed E-state index contributed by atoms with van der Waals surface area (Å²) in [6, 6.07) is 9.93. The van der Waals surface area contributed by atoms with Crippen molar-refractivity contribution in [1.29, 1.82) is 0 Å². The van der Waals surface area contributed by atoms with Crippen LogP contribution in [0.3, 0.4) is 0 Å². The molecule has 0 aliphatic carbocycles. The second-order valence-electron chi connectivity index (χ2n) is 4.90. The highest BCUT2D eigenvalue weighted by molar-refractivity contribution is 7.10. The minimum Gasteiger partial charge on any atom is -0.383 e. The fourth-order valence-corrected chi connectivity index (χ4v) is 2.79. The lowest BCUT2D eigenvalue weighted by Gasteiger charge is -2.11. The average Bonchev–Trinajstić information content (AvgIpc) is 3.02. The van der Waals surface area contributed by atoms with Crippen LogP contribution in [0.1, 0.15) is 18.0 Å². The van der Waals surface area contributed by atoms with Gasteiger partial charge in [-0.05, 0) is 6.92 Å². The monoisotopic (exact) mass is 355 g/mol. The van der Waals surface area contributed by atoms with Crippen LogP contribution in [0, 0.1) is 0 Å². The summed E-state index contributed by atoms with van der Waals surface area (Å²) < 4.78 is 4.92. The quantitative estimate of drug-likeness (QED) is 0.714. The maximum atomic E-state index is 11.8. The zero-order chi connectivity index (χ0) is 15.8. The summed E-state index contributed by atoms with van der Waals surface area (Å²) in [5.74, 6) is -0.0416. The van der Waals surface area contributed by atoms with Gasteiger partial charge >= 0.3 is 0 Å². The molecule has 1 heterocycles. The number of carbonyl (C=O) groups is 1. The second kappa shape index (κ2) is 10.3. The van der Waals surface area contributed by atoms with Crippen molar-refractivity contribution in [1.82, 2.24) is 15.6 Å². The summed E-state index contributed by atoms with van der Waals surface area (Å²) in [6.07, 6.45) is 0. The molecule has 2 N–H and O–H groups in total. The van der Waals surface area contributed by atoms with E-state index in [1.807, 2.05) is 42.6 Å². The molecule has 5 nitrogen and oxygen atoms in total. The summed E-state index contributed by atoms with van der Waals surface area (Å²) in [5, 5.41) is 8.89. The van der Waals surface area contributed by atoms with E-state index in [-0.39, 0.29) is 30.9 Å². The van der Waals surface area contributed by atoms with Gasteiger partial charge in [0.05, 0.1) is 24.9 Å². The lowest BCUT2D eigenvalue weighted by atomic mass is 10.2. The Morgan fingerprint density at radius 1 is 1.35 bits per heavy atom. The number of hydrogen-bond donors (Lipinski definition) is 2. The number of methoxy groups -OCH3 is 1. The molecule has 126 valence electrons. The third kappa shape index (κ3) is 6.27. The number of thiazole rings is 1. The fraction of sp³-hybridized carbons (Fsp3) is 0.375. The molecule has 0 saturated heterocycles. The zero-order valence-corrected chi connectivity index (χ0v) is 14.9. The summed E-state index contributed by atoms with van der Waals surface area (Å²) >= 11 is 1.56. The van der Waals surface area contributed by atoms with Gasteiger partial charge in [-0.1, -0.05) is 30.3 Å². The Morgan fingerprint density at radius 2 is 2.09 bits per heavy atom. The van der Waals surface area contributed by atoms with Crippen molar-refractivity contribution >= 4 is 29.7 Å². The topological polar surface area (TPSA) is 63.2 Å². The van der Waals surface area contributed by atoms with Gasteiger partial charge in [-0.2, -0.15) is 0 Å². The Hall–Kier alpha value is -1.47. The molecule has 2 aromatic rings. The molecule has 1 unspecified atom stereocenters. The Balaban J connectivity index is 0.00000264. The van der Waals surface area contributed by atoms with E-state index in [4.69, 9.17) is 4.74 Å². The molecule has 2 rings (SSSR count). The summed E-state index contributed by atoms with van der Waals surface area (Å²) in [6.45, 7) is 3.48. The van der Waals surface area contributed by atoms with E-state index in [0.717, 1.165) is 16.3 Å². The molecule has 0 saturated carbocycles.